The van der Waals surface area contributed by atoms with Gasteiger partial charge in [0.25, 0.3) is 0 Å². The number of benzene rings is 2. The number of nitrogens with one attached hydrogen (secondary N) is 1. The van der Waals surface area contributed by atoms with E-state index in [4.69, 9.17) is 0 Å². The van der Waals surface area contributed by atoms with Crippen LogP contribution in [0.15, 0.2) is 61.2 Å². The Morgan fingerprint density at radius 1 is 0.941 bits per heavy atom. The van der Waals surface area contributed by atoms with Gasteiger partial charge in [-0.1, -0.05) is 55.6 Å². The Kier molecular flexibility index (Phi) is 3.41. The van der Waals surface area contributed by atoms with Crippen LogP contribution in [0, 0.1) is 0 Å². The summed E-state index contributed by atoms with van der Waals surface area (Å²) in [7, 11) is 0. The van der Waals surface area contributed by atoms with E-state index < -0.39 is 0 Å². The fourth-order valence-corrected chi connectivity index (χ4v) is 1.71. The van der Waals surface area contributed by atoms with Crippen LogP contribution < -0.4 is 15.8 Å². The van der Waals surface area contributed by atoms with Crippen molar-refractivity contribution in [3.05, 3.63) is 71.6 Å². The highest BCUT2D eigenvalue weighted by molar-refractivity contribution is 5.62. The van der Waals surface area contributed by atoms with Crippen molar-refractivity contribution in [3.8, 4) is 0 Å². The lowest BCUT2D eigenvalue weighted by Gasteiger charge is -2.07. The molecule has 0 spiro atoms. The molecule has 0 saturated carbocycles. The van der Waals surface area contributed by atoms with Crippen molar-refractivity contribution in [2.45, 2.75) is 0 Å². The van der Waals surface area contributed by atoms with Gasteiger partial charge in [0.15, 0.2) is 0 Å². The molecule has 0 fully saturated rings. The maximum absolute atomic E-state index is 4.02. The van der Waals surface area contributed by atoms with Crippen molar-refractivity contribution in [1.29, 1.82) is 0 Å². The Bertz CT molecular complexity index is 612. The van der Waals surface area contributed by atoms with E-state index in [1.54, 1.807) is 6.08 Å². The first kappa shape index (κ1) is 11.2. The van der Waals surface area contributed by atoms with Crippen LogP contribution in [0.1, 0.15) is 0 Å². The van der Waals surface area contributed by atoms with Gasteiger partial charge in [-0.2, -0.15) is 0 Å². The topological polar surface area (TPSA) is 12.0 Å². The second-order valence-corrected chi connectivity index (χ2v) is 3.77. The van der Waals surface area contributed by atoms with Crippen LogP contribution in [-0.2, 0) is 0 Å². The molecule has 17 heavy (non-hydrogen) atoms. The van der Waals surface area contributed by atoms with E-state index in [1.165, 1.54) is 0 Å². The van der Waals surface area contributed by atoms with E-state index in [-0.39, 0.29) is 0 Å². The number of rotatable bonds is 3. The molecule has 2 rings (SSSR count). The van der Waals surface area contributed by atoms with E-state index in [1.807, 2.05) is 54.6 Å². The second-order valence-electron chi connectivity index (χ2n) is 3.77. The van der Waals surface area contributed by atoms with Crippen molar-refractivity contribution in [3.63, 3.8) is 0 Å². The van der Waals surface area contributed by atoms with Gasteiger partial charge in [0, 0.05) is 16.6 Å². The molecule has 0 saturated heterocycles. The van der Waals surface area contributed by atoms with Crippen LogP contribution >= 0.6 is 0 Å². The van der Waals surface area contributed by atoms with Gasteiger partial charge in [0.05, 0.1) is 0 Å². The van der Waals surface area contributed by atoms with Gasteiger partial charge in [0.1, 0.15) is 0 Å². The van der Waals surface area contributed by atoms with E-state index in [9.17, 15) is 0 Å². The summed E-state index contributed by atoms with van der Waals surface area (Å²) in [4.78, 5) is 0. The van der Waals surface area contributed by atoms with Crippen LogP contribution in [0.5, 0.6) is 0 Å². The standard InChI is InChI=1S/C16H15N/c1-3-8-15-13(2)9-7-12-16(15)17-14-10-5-4-6-11-14/h3-12,17H,1-2H2/b15-8+. The summed E-state index contributed by atoms with van der Waals surface area (Å²) in [5, 5.41) is 5.45. The number of para-hydroxylation sites is 1. The quantitative estimate of drug-likeness (QED) is 0.840. The zero-order valence-corrected chi connectivity index (χ0v) is 9.69. The summed E-state index contributed by atoms with van der Waals surface area (Å²) >= 11 is 0. The smallest absolute Gasteiger partial charge is 0.0463 e. The van der Waals surface area contributed by atoms with Gasteiger partial charge >= 0.3 is 0 Å². The van der Waals surface area contributed by atoms with Crippen molar-refractivity contribution < 1.29 is 0 Å². The van der Waals surface area contributed by atoms with E-state index in [2.05, 4.69) is 18.5 Å². The number of hydrogen-bond donors (Lipinski definition) is 1. The number of allylic oxidation sites excluding steroid dienone is 1. The molecule has 0 aliphatic rings. The fraction of sp³-hybridized carbons (Fsp3) is 0. The number of hydrogen-bond acceptors (Lipinski definition) is 1. The molecule has 0 unspecified atom stereocenters. The van der Waals surface area contributed by atoms with Crippen LogP contribution in [0.3, 0.4) is 0 Å². The fourth-order valence-electron chi connectivity index (χ4n) is 1.71. The molecule has 0 bridgehead atoms. The Hall–Kier alpha value is -2.28. The average molecular weight is 221 g/mol. The SMILES string of the molecule is C=C/C=c1/c(Nc2ccccc2)cccc1=C. The molecule has 84 valence electrons. The molecule has 0 aromatic heterocycles. The maximum atomic E-state index is 4.02. The molecule has 2 aromatic carbocycles. The molecular weight excluding hydrogens is 206 g/mol. The molecule has 0 amide bonds. The summed E-state index contributed by atoms with van der Waals surface area (Å²) in [5.74, 6) is 0. The molecule has 0 radical (unpaired) electrons. The minimum absolute atomic E-state index is 0.992. The summed E-state index contributed by atoms with van der Waals surface area (Å²) in [6.45, 7) is 7.76. The van der Waals surface area contributed by atoms with Crippen molar-refractivity contribution in [1.82, 2.24) is 0 Å². The van der Waals surface area contributed by atoms with Crippen molar-refractivity contribution in [2.75, 3.05) is 5.32 Å². The molecular formula is C16H15N. The highest BCUT2D eigenvalue weighted by Crippen LogP contribution is 2.10. The van der Waals surface area contributed by atoms with E-state index >= 15 is 0 Å². The predicted molar refractivity (Wildman–Crippen MR) is 75.6 cm³/mol. The van der Waals surface area contributed by atoms with Gasteiger partial charge in [0.2, 0.25) is 0 Å². The summed E-state index contributed by atoms with van der Waals surface area (Å²) in [5.41, 5.74) is 2.11. The Morgan fingerprint density at radius 3 is 2.41 bits per heavy atom. The third-order valence-electron chi connectivity index (χ3n) is 2.53. The number of anilines is 2. The summed E-state index contributed by atoms with van der Waals surface area (Å²) in [6.07, 6.45) is 3.74. The van der Waals surface area contributed by atoms with Gasteiger partial charge in [-0.25, -0.2) is 0 Å². The van der Waals surface area contributed by atoms with Crippen molar-refractivity contribution >= 4 is 24.0 Å². The monoisotopic (exact) mass is 221 g/mol. The lowest BCUT2D eigenvalue weighted by Crippen LogP contribution is -2.25. The average Bonchev–Trinajstić information content (AvgIpc) is 2.35. The Labute approximate surface area is 101 Å². The molecule has 2 aromatic rings. The predicted octanol–water partition coefficient (Wildman–Crippen LogP) is 2.81. The molecule has 1 heteroatoms. The van der Waals surface area contributed by atoms with Gasteiger partial charge in [-0.05, 0) is 23.4 Å². The zero-order chi connectivity index (χ0) is 12.1. The molecule has 0 atom stereocenters. The highest BCUT2D eigenvalue weighted by Gasteiger charge is 1.95. The lowest BCUT2D eigenvalue weighted by atomic mass is 10.2. The van der Waals surface area contributed by atoms with E-state index in [0.29, 0.717) is 0 Å². The molecule has 1 nitrogen and oxygen atoms in total. The maximum Gasteiger partial charge on any atom is 0.0463 e. The summed E-state index contributed by atoms with van der Waals surface area (Å²) < 4.78 is 0. The zero-order valence-electron chi connectivity index (χ0n) is 9.69. The third kappa shape index (κ3) is 2.64. The molecule has 1 N–H and O–H groups in total. The van der Waals surface area contributed by atoms with Crippen molar-refractivity contribution in [2.24, 2.45) is 0 Å². The molecule has 0 aliphatic carbocycles. The first-order valence-electron chi connectivity index (χ1n) is 5.54. The van der Waals surface area contributed by atoms with Crippen LogP contribution in [0.4, 0.5) is 11.4 Å². The van der Waals surface area contributed by atoms with Crippen LogP contribution in [0.25, 0.3) is 12.7 Å². The molecule has 0 heterocycles. The normalized spacial score (nSPS) is 11.2. The Morgan fingerprint density at radius 2 is 1.71 bits per heavy atom. The first-order chi connectivity index (χ1) is 8.31. The summed E-state index contributed by atoms with van der Waals surface area (Å²) in [6, 6.07) is 16.1. The largest absolute Gasteiger partial charge is 0.355 e. The second kappa shape index (κ2) is 5.17. The van der Waals surface area contributed by atoms with Gasteiger partial charge in [-0.15, -0.1) is 0 Å². The van der Waals surface area contributed by atoms with Gasteiger partial charge in [-0.3, -0.25) is 0 Å². The lowest BCUT2D eigenvalue weighted by molar-refractivity contribution is 1.47. The minimum Gasteiger partial charge on any atom is -0.355 e. The highest BCUT2D eigenvalue weighted by atomic mass is 14.9. The van der Waals surface area contributed by atoms with Gasteiger partial charge < -0.3 is 5.32 Å². The van der Waals surface area contributed by atoms with E-state index in [0.717, 1.165) is 21.8 Å². The van der Waals surface area contributed by atoms with Crippen LogP contribution in [-0.4, -0.2) is 0 Å². The Balaban J connectivity index is 2.47. The first-order valence-corrected chi connectivity index (χ1v) is 5.54. The minimum atomic E-state index is 0.992. The van der Waals surface area contributed by atoms with Crippen LogP contribution in [0.2, 0.25) is 0 Å². The third-order valence-corrected chi connectivity index (χ3v) is 2.53. The molecule has 0 aliphatic heterocycles.